The van der Waals surface area contributed by atoms with Crippen LogP contribution in [0.25, 0.3) is 0 Å². The van der Waals surface area contributed by atoms with Gasteiger partial charge in [-0.15, -0.1) is 0 Å². The van der Waals surface area contributed by atoms with Crippen molar-refractivity contribution in [3.8, 4) is 11.5 Å². The standard InChI is InChI=1S/C15H21NO3/c1-16-10-15(7-4-8-15)14(17)11-5-6-12(18-2)13(9-11)19-3/h5-6,9,16H,4,7-8,10H2,1-3H3. The summed E-state index contributed by atoms with van der Waals surface area (Å²) in [4.78, 5) is 12.7. The van der Waals surface area contributed by atoms with Crippen molar-refractivity contribution in [1.82, 2.24) is 5.32 Å². The molecule has 0 heterocycles. The summed E-state index contributed by atoms with van der Waals surface area (Å²) in [5.41, 5.74) is 0.474. The van der Waals surface area contributed by atoms with Crippen LogP contribution >= 0.6 is 0 Å². The lowest BCUT2D eigenvalue weighted by Gasteiger charge is -2.40. The van der Waals surface area contributed by atoms with E-state index in [0.717, 1.165) is 25.8 Å². The topological polar surface area (TPSA) is 47.6 Å². The van der Waals surface area contributed by atoms with Crippen molar-refractivity contribution in [1.29, 1.82) is 0 Å². The van der Waals surface area contributed by atoms with E-state index >= 15 is 0 Å². The maximum absolute atomic E-state index is 12.7. The van der Waals surface area contributed by atoms with E-state index in [9.17, 15) is 4.79 Å². The van der Waals surface area contributed by atoms with Crippen molar-refractivity contribution in [3.05, 3.63) is 23.8 Å². The van der Waals surface area contributed by atoms with Crippen LogP contribution in [0.5, 0.6) is 11.5 Å². The van der Waals surface area contributed by atoms with Crippen LogP contribution in [-0.4, -0.2) is 33.6 Å². The van der Waals surface area contributed by atoms with Crippen LogP contribution < -0.4 is 14.8 Å². The van der Waals surface area contributed by atoms with E-state index in [1.807, 2.05) is 13.1 Å². The molecule has 4 nitrogen and oxygen atoms in total. The number of carbonyl (C=O) groups is 1. The predicted octanol–water partition coefficient (Wildman–Crippen LogP) is 2.28. The number of ketones is 1. The SMILES string of the molecule is CNCC1(C(=O)c2ccc(OC)c(OC)c2)CCC1. The summed E-state index contributed by atoms with van der Waals surface area (Å²) in [6.07, 6.45) is 3.04. The van der Waals surface area contributed by atoms with Crippen LogP contribution in [0.4, 0.5) is 0 Å². The molecule has 0 aromatic heterocycles. The Morgan fingerprint density at radius 2 is 1.95 bits per heavy atom. The molecule has 1 aliphatic rings. The number of Topliss-reactive ketones (excluding diaryl/α,β-unsaturated/α-hetero) is 1. The molecular weight excluding hydrogens is 242 g/mol. The second-order valence-electron chi connectivity index (χ2n) is 5.06. The fraction of sp³-hybridized carbons (Fsp3) is 0.533. The lowest BCUT2D eigenvalue weighted by atomic mass is 9.64. The molecule has 0 unspecified atom stereocenters. The van der Waals surface area contributed by atoms with Crippen molar-refractivity contribution in [2.24, 2.45) is 5.41 Å². The normalized spacial score (nSPS) is 16.6. The van der Waals surface area contributed by atoms with Gasteiger partial charge in [-0.1, -0.05) is 6.42 Å². The van der Waals surface area contributed by atoms with Crippen molar-refractivity contribution in [3.63, 3.8) is 0 Å². The number of carbonyl (C=O) groups excluding carboxylic acids is 1. The fourth-order valence-corrected chi connectivity index (χ4v) is 2.71. The monoisotopic (exact) mass is 263 g/mol. The van der Waals surface area contributed by atoms with Gasteiger partial charge in [0.05, 0.1) is 14.2 Å². The third-order valence-electron chi connectivity index (χ3n) is 3.95. The summed E-state index contributed by atoms with van der Waals surface area (Å²) in [6.45, 7) is 0.736. The zero-order chi connectivity index (χ0) is 13.9. The summed E-state index contributed by atoms with van der Waals surface area (Å²) in [7, 11) is 5.06. The number of methoxy groups -OCH3 is 2. The Hall–Kier alpha value is -1.55. The van der Waals surface area contributed by atoms with E-state index in [0.29, 0.717) is 17.1 Å². The number of hydrogen-bond donors (Lipinski definition) is 1. The molecule has 19 heavy (non-hydrogen) atoms. The number of benzene rings is 1. The van der Waals surface area contributed by atoms with Crippen molar-refractivity contribution in [2.45, 2.75) is 19.3 Å². The molecular formula is C15H21NO3. The van der Waals surface area contributed by atoms with E-state index < -0.39 is 0 Å². The molecule has 104 valence electrons. The van der Waals surface area contributed by atoms with Gasteiger partial charge >= 0.3 is 0 Å². The number of ether oxygens (including phenoxy) is 2. The van der Waals surface area contributed by atoms with Gasteiger partial charge in [-0.25, -0.2) is 0 Å². The van der Waals surface area contributed by atoms with Gasteiger partial charge in [-0.05, 0) is 38.1 Å². The maximum Gasteiger partial charge on any atom is 0.170 e. The Morgan fingerprint density at radius 3 is 2.42 bits per heavy atom. The van der Waals surface area contributed by atoms with E-state index in [-0.39, 0.29) is 11.2 Å². The number of hydrogen-bond acceptors (Lipinski definition) is 4. The maximum atomic E-state index is 12.7. The molecule has 0 atom stereocenters. The van der Waals surface area contributed by atoms with Crippen LogP contribution in [-0.2, 0) is 0 Å². The Bertz CT molecular complexity index is 466. The van der Waals surface area contributed by atoms with Gasteiger partial charge in [0, 0.05) is 17.5 Å². The first-order valence-corrected chi connectivity index (χ1v) is 6.58. The molecule has 2 rings (SSSR count). The highest BCUT2D eigenvalue weighted by atomic mass is 16.5. The third-order valence-corrected chi connectivity index (χ3v) is 3.95. The summed E-state index contributed by atoms with van der Waals surface area (Å²) in [6, 6.07) is 5.38. The average Bonchev–Trinajstić information content (AvgIpc) is 2.41. The van der Waals surface area contributed by atoms with Gasteiger partial charge in [0.25, 0.3) is 0 Å². The zero-order valence-corrected chi connectivity index (χ0v) is 11.8. The third kappa shape index (κ3) is 2.45. The van der Waals surface area contributed by atoms with E-state index in [2.05, 4.69) is 5.32 Å². The van der Waals surface area contributed by atoms with Crippen molar-refractivity contribution < 1.29 is 14.3 Å². The Labute approximate surface area is 114 Å². The molecule has 1 aliphatic carbocycles. The van der Waals surface area contributed by atoms with Gasteiger partial charge in [0.15, 0.2) is 17.3 Å². The van der Waals surface area contributed by atoms with Gasteiger partial charge in [-0.3, -0.25) is 4.79 Å². The summed E-state index contributed by atoms with van der Waals surface area (Å²) in [5, 5.41) is 3.14. The van der Waals surface area contributed by atoms with Crippen LogP contribution in [0, 0.1) is 5.41 Å². The number of nitrogens with one attached hydrogen (secondary N) is 1. The van der Waals surface area contributed by atoms with Gasteiger partial charge in [-0.2, -0.15) is 0 Å². The lowest BCUT2D eigenvalue weighted by Crippen LogP contribution is -2.45. The molecule has 1 aromatic rings. The second kappa shape index (κ2) is 5.61. The first-order valence-electron chi connectivity index (χ1n) is 6.58. The Morgan fingerprint density at radius 1 is 1.26 bits per heavy atom. The van der Waals surface area contributed by atoms with Gasteiger partial charge < -0.3 is 14.8 Å². The quantitative estimate of drug-likeness (QED) is 0.800. The van der Waals surface area contributed by atoms with Crippen molar-refractivity contribution >= 4 is 5.78 Å². The van der Waals surface area contributed by atoms with E-state index in [4.69, 9.17) is 9.47 Å². The molecule has 1 aromatic carbocycles. The largest absolute Gasteiger partial charge is 0.493 e. The highest BCUT2D eigenvalue weighted by Crippen LogP contribution is 2.43. The smallest absolute Gasteiger partial charge is 0.170 e. The van der Waals surface area contributed by atoms with Gasteiger partial charge in [0.1, 0.15) is 0 Å². The molecule has 1 N–H and O–H groups in total. The zero-order valence-electron chi connectivity index (χ0n) is 11.8. The molecule has 0 radical (unpaired) electrons. The minimum atomic E-state index is -0.228. The van der Waals surface area contributed by atoms with Crippen LogP contribution in [0.3, 0.4) is 0 Å². The first kappa shape index (κ1) is 13.9. The van der Waals surface area contributed by atoms with Crippen LogP contribution in [0.2, 0.25) is 0 Å². The molecule has 1 saturated carbocycles. The highest BCUT2D eigenvalue weighted by molar-refractivity contribution is 6.01. The lowest BCUT2D eigenvalue weighted by molar-refractivity contribution is 0.0614. The van der Waals surface area contributed by atoms with E-state index in [1.165, 1.54) is 0 Å². The summed E-state index contributed by atoms with van der Waals surface area (Å²) >= 11 is 0. The summed E-state index contributed by atoms with van der Waals surface area (Å²) < 4.78 is 10.5. The average molecular weight is 263 g/mol. The first-order chi connectivity index (χ1) is 9.16. The van der Waals surface area contributed by atoms with Crippen LogP contribution in [0.1, 0.15) is 29.6 Å². The van der Waals surface area contributed by atoms with Crippen molar-refractivity contribution in [2.75, 3.05) is 27.8 Å². The molecule has 0 bridgehead atoms. The Kier molecular flexibility index (Phi) is 4.10. The Balaban J connectivity index is 2.28. The molecule has 0 aliphatic heterocycles. The molecule has 0 spiro atoms. The highest BCUT2D eigenvalue weighted by Gasteiger charge is 2.43. The summed E-state index contributed by atoms with van der Waals surface area (Å²) in [5.74, 6) is 1.46. The minimum Gasteiger partial charge on any atom is -0.493 e. The molecule has 4 heteroatoms. The molecule has 1 fully saturated rings. The van der Waals surface area contributed by atoms with E-state index in [1.54, 1.807) is 26.4 Å². The minimum absolute atomic E-state index is 0.203. The predicted molar refractivity (Wildman–Crippen MR) is 74.1 cm³/mol. The van der Waals surface area contributed by atoms with Gasteiger partial charge in [0.2, 0.25) is 0 Å². The van der Waals surface area contributed by atoms with Crippen LogP contribution in [0.15, 0.2) is 18.2 Å². The second-order valence-corrected chi connectivity index (χ2v) is 5.06. The fourth-order valence-electron chi connectivity index (χ4n) is 2.71. The molecule has 0 saturated heterocycles. The molecule has 0 amide bonds. The number of rotatable bonds is 6.